The molecule has 0 spiro atoms. The van der Waals surface area contributed by atoms with Gasteiger partial charge in [-0.05, 0) is 46.8 Å². The number of allylic oxidation sites excluding steroid dienone is 1. The number of aromatic nitrogens is 5. The van der Waals surface area contributed by atoms with Gasteiger partial charge in [0, 0.05) is 0 Å². The van der Waals surface area contributed by atoms with Crippen molar-refractivity contribution in [3.8, 4) is 17.5 Å². The maximum Gasteiger partial charge on any atom is 0.214 e. The number of phenolic OH excluding ortho intramolecular Hbond substituents is 1. The number of thiazole rings is 1. The lowest BCUT2D eigenvalue weighted by atomic mass is 10.2. The van der Waals surface area contributed by atoms with Gasteiger partial charge in [0.05, 0.1) is 21.7 Å². The molecule has 10 heteroatoms. The molecule has 0 bridgehead atoms. The Bertz CT molecular complexity index is 1170. The van der Waals surface area contributed by atoms with Gasteiger partial charge in [0.25, 0.3) is 0 Å². The second-order valence-electron chi connectivity index (χ2n) is 5.60. The van der Waals surface area contributed by atoms with Crippen LogP contribution in [0, 0.1) is 11.3 Å². The lowest BCUT2D eigenvalue weighted by molar-refractivity contribution is 0.420. The molecule has 138 valence electrons. The van der Waals surface area contributed by atoms with E-state index in [1.54, 1.807) is 12.1 Å². The Hall–Kier alpha value is -3.42. The SMILES string of the molecule is N#C/C(=C(/O)CSc1nnnn1-c1ccc(O)cc1)c1nc2ccccc2s1. The quantitative estimate of drug-likeness (QED) is 0.292. The Balaban J connectivity index is 1.58. The van der Waals surface area contributed by atoms with Crippen molar-refractivity contribution in [2.24, 2.45) is 0 Å². The van der Waals surface area contributed by atoms with E-state index in [9.17, 15) is 15.5 Å². The molecular formula is C18H12N6O2S2. The topological polar surface area (TPSA) is 121 Å². The van der Waals surface area contributed by atoms with Gasteiger partial charge in [-0.25, -0.2) is 4.98 Å². The average molecular weight is 408 g/mol. The zero-order chi connectivity index (χ0) is 19.5. The third-order valence-electron chi connectivity index (χ3n) is 3.78. The Morgan fingerprint density at radius 1 is 1.18 bits per heavy atom. The number of tetrazole rings is 1. The number of benzene rings is 2. The molecule has 2 N–H and O–H groups in total. The Morgan fingerprint density at radius 3 is 2.71 bits per heavy atom. The number of para-hydroxylation sites is 1. The van der Waals surface area contributed by atoms with E-state index in [0.29, 0.717) is 15.9 Å². The van der Waals surface area contributed by atoms with Crippen molar-refractivity contribution in [2.75, 3.05) is 5.75 Å². The summed E-state index contributed by atoms with van der Waals surface area (Å²) in [6.07, 6.45) is 0. The van der Waals surface area contributed by atoms with E-state index in [4.69, 9.17) is 0 Å². The molecule has 0 aliphatic heterocycles. The van der Waals surface area contributed by atoms with E-state index in [2.05, 4.69) is 20.5 Å². The highest BCUT2D eigenvalue weighted by molar-refractivity contribution is 7.99. The summed E-state index contributed by atoms with van der Waals surface area (Å²) in [7, 11) is 0. The minimum absolute atomic E-state index is 0.0909. The van der Waals surface area contributed by atoms with Crippen molar-refractivity contribution in [1.29, 1.82) is 5.26 Å². The largest absolute Gasteiger partial charge is 0.510 e. The predicted octanol–water partition coefficient (Wildman–Crippen LogP) is 3.56. The molecule has 0 aliphatic rings. The summed E-state index contributed by atoms with van der Waals surface area (Å²) in [6.45, 7) is 0. The van der Waals surface area contributed by atoms with Gasteiger partial charge in [-0.15, -0.1) is 16.4 Å². The number of nitriles is 1. The van der Waals surface area contributed by atoms with Crippen LogP contribution in [0.5, 0.6) is 5.75 Å². The van der Waals surface area contributed by atoms with Gasteiger partial charge in [0.15, 0.2) is 0 Å². The first-order valence-corrected chi connectivity index (χ1v) is 9.84. The number of nitrogens with zero attached hydrogens (tertiary/aromatic N) is 6. The molecule has 2 aromatic heterocycles. The number of aliphatic hydroxyl groups is 1. The molecule has 0 fully saturated rings. The fourth-order valence-electron chi connectivity index (χ4n) is 2.44. The van der Waals surface area contributed by atoms with Gasteiger partial charge in [-0.3, -0.25) is 0 Å². The van der Waals surface area contributed by atoms with E-state index in [1.807, 2.05) is 30.3 Å². The highest BCUT2D eigenvalue weighted by Crippen LogP contribution is 2.30. The van der Waals surface area contributed by atoms with E-state index in [0.717, 1.165) is 10.2 Å². The van der Waals surface area contributed by atoms with Crippen LogP contribution in [0.25, 0.3) is 21.5 Å². The molecule has 8 nitrogen and oxygen atoms in total. The van der Waals surface area contributed by atoms with Crippen molar-refractivity contribution in [3.63, 3.8) is 0 Å². The third kappa shape index (κ3) is 3.53. The first kappa shape index (κ1) is 18.0. The summed E-state index contributed by atoms with van der Waals surface area (Å²) < 4.78 is 2.43. The number of aliphatic hydroxyl groups excluding tert-OH is 1. The fraction of sp³-hybridized carbons (Fsp3) is 0.0556. The third-order valence-corrected chi connectivity index (χ3v) is 5.77. The molecule has 2 heterocycles. The van der Waals surface area contributed by atoms with Crippen molar-refractivity contribution >= 4 is 38.9 Å². The average Bonchev–Trinajstić information content (AvgIpc) is 3.34. The molecule has 0 radical (unpaired) electrons. The maximum atomic E-state index is 10.5. The van der Waals surface area contributed by atoms with Crippen LogP contribution < -0.4 is 0 Å². The summed E-state index contributed by atoms with van der Waals surface area (Å²) in [6, 6.07) is 16.0. The van der Waals surface area contributed by atoms with Crippen molar-refractivity contribution in [1.82, 2.24) is 25.2 Å². The maximum absolute atomic E-state index is 10.5. The predicted molar refractivity (Wildman–Crippen MR) is 106 cm³/mol. The number of fused-ring (bicyclic) bond motifs is 1. The van der Waals surface area contributed by atoms with Crippen molar-refractivity contribution in [3.05, 3.63) is 59.3 Å². The highest BCUT2D eigenvalue weighted by atomic mass is 32.2. The Kier molecular flexibility index (Phi) is 4.92. The van der Waals surface area contributed by atoms with Gasteiger partial charge in [-0.2, -0.15) is 9.94 Å². The smallest absolute Gasteiger partial charge is 0.214 e. The van der Waals surface area contributed by atoms with Crippen LogP contribution in [0.15, 0.2) is 59.4 Å². The lowest BCUT2D eigenvalue weighted by Gasteiger charge is -2.05. The standard InChI is InChI=1S/C18H12N6O2S2/c19-9-13(17-20-14-3-1-2-4-16(14)28-17)15(26)10-27-18-21-22-23-24(18)11-5-7-12(25)8-6-11/h1-8,25-26H,10H2/b15-13-. The molecule has 0 aliphatic carbocycles. The van der Waals surface area contributed by atoms with Crippen molar-refractivity contribution < 1.29 is 10.2 Å². The van der Waals surface area contributed by atoms with E-state index >= 15 is 0 Å². The van der Waals surface area contributed by atoms with E-state index < -0.39 is 0 Å². The molecular weight excluding hydrogens is 396 g/mol. The minimum atomic E-state index is -0.0909. The van der Waals surface area contributed by atoms with Crippen LogP contribution >= 0.6 is 23.1 Å². The van der Waals surface area contributed by atoms with Gasteiger partial charge in [-0.1, -0.05) is 23.9 Å². The summed E-state index contributed by atoms with van der Waals surface area (Å²) in [5.74, 6) is 0.157. The Labute approximate surface area is 167 Å². The number of aromatic hydroxyl groups is 1. The van der Waals surface area contributed by atoms with E-state index in [-0.39, 0.29) is 22.8 Å². The normalized spacial score (nSPS) is 12.0. The summed E-state index contributed by atoms with van der Waals surface area (Å²) in [4.78, 5) is 4.42. The summed E-state index contributed by atoms with van der Waals surface area (Å²) in [5.41, 5.74) is 1.59. The molecule has 2 aromatic carbocycles. The molecule has 0 atom stereocenters. The molecule has 0 saturated carbocycles. The van der Waals surface area contributed by atoms with Crippen LogP contribution in [0.3, 0.4) is 0 Å². The van der Waals surface area contributed by atoms with Gasteiger partial charge in [0.1, 0.15) is 28.2 Å². The second kappa shape index (κ2) is 7.67. The van der Waals surface area contributed by atoms with Crippen LogP contribution in [-0.2, 0) is 0 Å². The van der Waals surface area contributed by atoms with Crippen molar-refractivity contribution in [2.45, 2.75) is 5.16 Å². The highest BCUT2D eigenvalue weighted by Gasteiger charge is 2.16. The van der Waals surface area contributed by atoms with Crippen LogP contribution in [0.2, 0.25) is 0 Å². The number of thioether (sulfide) groups is 1. The molecule has 0 saturated heterocycles. The van der Waals surface area contributed by atoms with Gasteiger partial charge in [0.2, 0.25) is 5.16 Å². The molecule has 4 rings (SSSR count). The van der Waals surface area contributed by atoms with Crippen LogP contribution in [-0.4, -0.2) is 41.2 Å². The zero-order valence-electron chi connectivity index (χ0n) is 14.2. The number of hydrogen-bond donors (Lipinski definition) is 2. The zero-order valence-corrected chi connectivity index (χ0v) is 15.9. The van der Waals surface area contributed by atoms with Crippen LogP contribution in [0.1, 0.15) is 5.01 Å². The molecule has 0 unspecified atom stereocenters. The number of hydrogen-bond acceptors (Lipinski definition) is 9. The summed E-state index contributed by atoms with van der Waals surface area (Å²) in [5, 5.41) is 41.8. The number of phenols is 1. The van der Waals surface area contributed by atoms with Gasteiger partial charge >= 0.3 is 0 Å². The second-order valence-corrected chi connectivity index (χ2v) is 7.57. The monoisotopic (exact) mass is 408 g/mol. The first-order chi connectivity index (χ1) is 13.7. The van der Waals surface area contributed by atoms with E-state index in [1.165, 1.54) is 39.9 Å². The molecule has 4 aromatic rings. The van der Waals surface area contributed by atoms with Gasteiger partial charge < -0.3 is 10.2 Å². The number of rotatable bonds is 5. The lowest BCUT2D eigenvalue weighted by Crippen LogP contribution is -2.00. The van der Waals surface area contributed by atoms with Crippen LogP contribution in [0.4, 0.5) is 0 Å². The summed E-state index contributed by atoms with van der Waals surface area (Å²) >= 11 is 2.54. The fourth-order valence-corrected chi connectivity index (χ4v) is 4.20. The Morgan fingerprint density at radius 2 is 1.96 bits per heavy atom. The first-order valence-electron chi connectivity index (χ1n) is 8.04. The molecule has 0 amide bonds. The minimum Gasteiger partial charge on any atom is -0.510 e. The molecule has 28 heavy (non-hydrogen) atoms.